The molecule has 0 unspecified atom stereocenters. The highest BCUT2D eigenvalue weighted by Gasteiger charge is 2.23. The minimum atomic E-state index is -3.87. The summed E-state index contributed by atoms with van der Waals surface area (Å²) in [6.45, 7) is 3.14. The van der Waals surface area contributed by atoms with E-state index in [4.69, 9.17) is 0 Å². The summed E-state index contributed by atoms with van der Waals surface area (Å²) in [7, 11) is -3.87. The van der Waals surface area contributed by atoms with Gasteiger partial charge in [0.05, 0.1) is 23.3 Å². The van der Waals surface area contributed by atoms with Crippen molar-refractivity contribution in [1.29, 1.82) is 0 Å². The molecule has 18 heavy (non-hydrogen) atoms. The number of halogens is 1. The lowest BCUT2D eigenvalue weighted by atomic mass is 10.4. The molecule has 0 spiro atoms. The van der Waals surface area contributed by atoms with E-state index in [1.165, 1.54) is 12.3 Å². The first kappa shape index (κ1) is 12.5. The van der Waals surface area contributed by atoms with E-state index < -0.39 is 15.8 Å². The van der Waals surface area contributed by atoms with Gasteiger partial charge in [-0.05, 0) is 19.9 Å². The Morgan fingerprint density at radius 1 is 1.39 bits per heavy atom. The molecule has 0 radical (unpaired) electrons. The molecule has 2 aromatic heterocycles. The predicted molar refractivity (Wildman–Crippen MR) is 63.1 cm³/mol. The van der Waals surface area contributed by atoms with Crippen LogP contribution in [0.4, 0.5) is 10.1 Å². The van der Waals surface area contributed by atoms with Gasteiger partial charge in [-0.3, -0.25) is 14.8 Å². The van der Waals surface area contributed by atoms with Crippen LogP contribution in [0, 0.1) is 19.7 Å². The molecule has 0 fully saturated rings. The van der Waals surface area contributed by atoms with E-state index in [-0.39, 0.29) is 10.6 Å². The molecule has 2 heterocycles. The van der Waals surface area contributed by atoms with Gasteiger partial charge in [-0.1, -0.05) is 0 Å². The first-order chi connectivity index (χ1) is 8.42. The predicted octanol–water partition coefficient (Wildman–Crippen LogP) is 1.36. The van der Waals surface area contributed by atoms with Crippen LogP contribution in [-0.2, 0) is 10.0 Å². The Balaban J connectivity index is 2.43. The van der Waals surface area contributed by atoms with Crippen molar-refractivity contribution in [1.82, 2.24) is 15.2 Å². The molecular weight excluding hydrogens is 259 g/mol. The summed E-state index contributed by atoms with van der Waals surface area (Å²) >= 11 is 0. The number of anilines is 1. The number of aryl methyl sites for hydroxylation is 2. The number of nitrogens with zero attached hydrogens (tertiary/aromatic N) is 2. The average molecular weight is 270 g/mol. The van der Waals surface area contributed by atoms with Crippen molar-refractivity contribution in [3.8, 4) is 0 Å². The first-order valence-corrected chi connectivity index (χ1v) is 6.54. The van der Waals surface area contributed by atoms with E-state index in [2.05, 4.69) is 19.9 Å². The maximum atomic E-state index is 13.3. The molecule has 0 aliphatic carbocycles. The van der Waals surface area contributed by atoms with Gasteiger partial charge in [-0.15, -0.1) is 0 Å². The van der Waals surface area contributed by atoms with E-state index in [0.717, 1.165) is 6.20 Å². The fourth-order valence-electron chi connectivity index (χ4n) is 1.59. The molecule has 0 saturated carbocycles. The topological polar surface area (TPSA) is 87.7 Å². The van der Waals surface area contributed by atoms with Crippen molar-refractivity contribution in [3.05, 3.63) is 35.7 Å². The molecule has 0 aromatic carbocycles. The third-order valence-electron chi connectivity index (χ3n) is 2.35. The molecule has 6 nitrogen and oxygen atoms in total. The van der Waals surface area contributed by atoms with Crippen LogP contribution in [0.3, 0.4) is 0 Å². The van der Waals surface area contributed by atoms with E-state index in [0.29, 0.717) is 11.4 Å². The van der Waals surface area contributed by atoms with Gasteiger partial charge in [0.15, 0.2) is 5.82 Å². The Bertz CT molecular complexity index is 661. The van der Waals surface area contributed by atoms with Crippen LogP contribution >= 0.6 is 0 Å². The number of aromatic amines is 1. The maximum absolute atomic E-state index is 13.3. The summed E-state index contributed by atoms with van der Waals surface area (Å²) in [4.78, 5) is 3.57. The highest BCUT2D eigenvalue weighted by atomic mass is 32.2. The zero-order chi connectivity index (χ0) is 13.3. The number of pyridine rings is 1. The van der Waals surface area contributed by atoms with Crippen molar-refractivity contribution >= 4 is 15.7 Å². The zero-order valence-electron chi connectivity index (χ0n) is 9.73. The quantitative estimate of drug-likeness (QED) is 0.881. The Labute approximate surface area is 103 Å². The van der Waals surface area contributed by atoms with Gasteiger partial charge in [-0.2, -0.15) is 5.10 Å². The average Bonchev–Trinajstić information content (AvgIpc) is 2.62. The van der Waals surface area contributed by atoms with Crippen LogP contribution in [0.5, 0.6) is 0 Å². The number of hydrogen-bond acceptors (Lipinski definition) is 4. The fourth-order valence-corrected chi connectivity index (χ4v) is 3.03. The number of rotatable bonds is 3. The van der Waals surface area contributed by atoms with E-state index in [1.807, 2.05) is 0 Å². The van der Waals surface area contributed by atoms with Gasteiger partial charge in [0.25, 0.3) is 10.0 Å². The zero-order valence-corrected chi connectivity index (χ0v) is 10.5. The van der Waals surface area contributed by atoms with Crippen LogP contribution in [0.15, 0.2) is 23.4 Å². The molecule has 2 N–H and O–H groups in total. The first-order valence-electron chi connectivity index (χ1n) is 5.05. The minimum Gasteiger partial charge on any atom is -0.281 e. The van der Waals surface area contributed by atoms with Crippen molar-refractivity contribution < 1.29 is 12.8 Å². The Kier molecular flexibility index (Phi) is 3.04. The normalized spacial score (nSPS) is 11.5. The summed E-state index contributed by atoms with van der Waals surface area (Å²) in [5.41, 5.74) is 0.578. The van der Waals surface area contributed by atoms with Gasteiger partial charge in [0, 0.05) is 6.20 Å². The van der Waals surface area contributed by atoms with Crippen molar-refractivity contribution in [2.75, 3.05) is 4.72 Å². The molecule has 96 valence electrons. The maximum Gasteiger partial charge on any atom is 0.265 e. The van der Waals surface area contributed by atoms with E-state index >= 15 is 0 Å². The van der Waals surface area contributed by atoms with Crippen molar-refractivity contribution in [2.45, 2.75) is 18.7 Å². The van der Waals surface area contributed by atoms with Crippen LogP contribution < -0.4 is 4.72 Å². The van der Waals surface area contributed by atoms with Gasteiger partial charge < -0.3 is 0 Å². The Hall–Kier alpha value is -1.96. The summed E-state index contributed by atoms with van der Waals surface area (Å²) in [5.74, 6) is -0.736. The molecule has 0 saturated heterocycles. The fraction of sp³-hybridized carbons (Fsp3) is 0.200. The van der Waals surface area contributed by atoms with Gasteiger partial charge in [0.1, 0.15) is 4.90 Å². The number of H-pyrrole nitrogens is 1. The van der Waals surface area contributed by atoms with Crippen molar-refractivity contribution in [2.24, 2.45) is 0 Å². The summed E-state index contributed by atoms with van der Waals surface area (Å²) in [5, 5.41) is 6.36. The highest BCUT2D eigenvalue weighted by molar-refractivity contribution is 7.92. The Morgan fingerprint density at radius 2 is 2.11 bits per heavy atom. The summed E-state index contributed by atoms with van der Waals surface area (Å²) < 4.78 is 39.7. The number of sulfonamides is 1. The lowest BCUT2D eigenvalue weighted by Crippen LogP contribution is -2.15. The SMILES string of the molecule is Cc1n[nH]c(C)c1S(=O)(=O)Nc1ccncc1F. The van der Waals surface area contributed by atoms with Crippen LogP contribution in [0.25, 0.3) is 0 Å². The summed E-state index contributed by atoms with van der Waals surface area (Å²) in [6.07, 6.45) is 2.24. The standard InChI is InChI=1S/C10H11FN4O2S/c1-6-10(7(2)14-13-6)18(16,17)15-9-3-4-12-5-8(9)11/h3-5H,1-2H3,(H,12,15)(H,13,14). The second-order valence-electron chi connectivity index (χ2n) is 3.72. The molecule has 2 aromatic rings. The van der Waals surface area contributed by atoms with Crippen LogP contribution in [0.2, 0.25) is 0 Å². The molecule has 0 aliphatic heterocycles. The molecule has 0 aliphatic rings. The van der Waals surface area contributed by atoms with Gasteiger partial charge >= 0.3 is 0 Å². The molecule has 0 amide bonds. The second-order valence-corrected chi connectivity index (χ2v) is 5.34. The third-order valence-corrected chi connectivity index (χ3v) is 3.97. The number of aromatic nitrogens is 3. The van der Waals surface area contributed by atoms with E-state index in [9.17, 15) is 12.8 Å². The lowest BCUT2D eigenvalue weighted by Gasteiger charge is -2.08. The molecule has 2 rings (SSSR count). The molecule has 0 bridgehead atoms. The molecule has 8 heteroatoms. The lowest BCUT2D eigenvalue weighted by molar-refractivity contribution is 0.597. The van der Waals surface area contributed by atoms with Crippen molar-refractivity contribution in [3.63, 3.8) is 0 Å². The van der Waals surface area contributed by atoms with E-state index in [1.54, 1.807) is 13.8 Å². The molecule has 0 atom stereocenters. The number of nitrogens with one attached hydrogen (secondary N) is 2. The number of hydrogen-bond donors (Lipinski definition) is 2. The Morgan fingerprint density at radius 3 is 2.67 bits per heavy atom. The monoisotopic (exact) mass is 270 g/mol. The smallest absolute Gasteiger partial charge is 0.265 e. The van der Waals surface area contributed by atoms with Crippen LogP contribution in [-0.4, -0.2) is 23.6 Å². The van der Waals surface area contributed by atoms with Gasteiger partial charge in [0.2, 0.25) is 0 Å². The third kappa shape index (κ3) is 2.19. The highest BCUT2D eigenvalue weighted by Crippen LogP contribution is 2.21. The largest absolute Gasteiger partial charge is 0.281 e. The second kappa shape index (κ2) is 4.37. The summed E-state index contributed by atoms with van der Waals surface area (Å²) in [6, 6.07) is 1.25. The van der Waals surface area contributed by atoms with Crippen LogP contribution in [0.1, 0.15) is 11.4 Å². The molecular formula is C10H11FN4O2S. The minimum absolute atomic E-state index is 0.0266. The van der Waals surface area contributed by atoms with Gasteiger partial charge in [-0.25, -0.2) is 12.8 Å².